The van der Waals surface area contributed by atoms with Crippen LogP contribution >= 0.6 is 0 Å². The van der Waals surface area contributed by atoms with Gasteiger partial charge in [0, 0.05) is 24.2 Å². The molecule has 7 nitrogen and oxygen atoms in total. The van der Waals surface area contributed by atoms with E-state index in [9.17, 15) is 9.59 Å². The molecule has 1 amide bonds. The molecule has 160 valence electrons. The maximum absolute atomic E-state index is 12.3. The number of esters is 1. The topological polar surface area (TPSA) is 77.4 Å². The number of anilines is 1. The van der Waals surface area contributed by atoms with Gasteiger partial charge in [0.1, 0.15) is 0 Å². The van der Waals surface area contributed by atoms with Gasteiger partial charge in [-0.25, -0.2) is 9.79 Å². The van der Waals surface area contributed by atoms with Crippen LogP contribution in [0.25, 0.3) is 6.08 Å². The van der Waals surface area contributed by atoms with Gasteiger partial charge in [-0.05, 0) is 68.3 Å². The molecule has 2 aliphatic heterocycles. The van der Waals surface area contributed by atoms with E-state index in [0.717, 1.165) is 24.2 Å². The molecule has 0 aliphatic carbocycles. The molecule has 2 heterocycles. The van der Waals surface area contributed by atoms with Crippen LogP contribution in [0, 0.1) is 0 Å². The lowest BCUT2D eigenvalue weighted by Crippen LogP contribution is -2.23. The third kappa shape index (κ3) is 4.45. The summed E-state index contributed by atoms with van der Waals surface area (Å²) in [6, 6.07) is 12.7. The number of amides is 1. The first-order chi connectivity index (χ1) is 14.9. The summed E-state index contributed by atoms with van der Waals surface area (Å²) in [6.07, 6.45) is 3.11. The molecular weight excluding hydrogens is 396 g/mol. The van der Waals surface area contributed by atoms with Gasteiger partial charge in [0.2, 0.25) is 11.8 Å². The van der Waals surface area contributed by atoms with Gasteiger partial charge in [-0.3, -0.25) is 4.79 Å². The Labute approximate surface area is 180 Å². The van der Waals surface area contributed by atoms with E-state index in [-0.39, 0.29) is 23.6 Å². The average Bonchev–Trinajstić information content (AvgIpc) is 3.34. The van der Waals surface area contributed by atoms with Crippen molar-refractivity contribution >= 4 is 29.5 Å². The smallest absolute Gasteiger partial charge is 0.363 e. The summed E-state index contributed by atoms with van der Waals surface area (Å²) in [4.78, 5) is 30.4. The molecule has 0 unspecified atom stereocenters. The SMILES string of the molecule is COc1cc(/C=C2/N=C(c3ccc(N4CCCC4=O)cc3)OC2=O)ccc1OC(C)C. The predicted octanol–water partition coefficient (Wildman–Crippen LogP) is 3.95. The Hall–Kier alpha value is -3.61. The average molecular weight is 420 g/mol. The Bertz CT molecular complexity index is 1070. The van der Waals surface area contributed by atoms with Crippen LogP contribution in [0.4, 0.5) is 5.69 Å². The van der Waals surface area contributed by atoms with Crippen LogP contribution in [-0.4, -0.2) is 37.5 Å². The van der Waals surface area contributed by atoms with Gasteiger partial charge < -0.3 is 19.1 Å². The second-order valence-electron chi connectivity index (χ2n) is 7.61. The molecule has 0 N–H and O–H groups in total. The molecule has 2 aromatic rings. The minimum atomic E-state index is -0.518. The number of cyclic esters (lactones) is 1. The van der Waals surface area contributed by atoms with Crippen molar-refractivity contribution in [3.8, 4) is 11.5 Å². The summed E-state index contributed by atoms with van der Waals surface area (Å²) >= 11 is 0. The fraction of sp³-hybridized carbons (Fsp3) is 0.292. The highest BCUT2D eigenvalue weighted by Crippen LogP contribution is 2.31. The van der Waals surface area contributed by atoms with Crippen molar-refractivity contribution < 1.29 is 23.8 Å². The van der Waals surface area contributed by atoms with Gasteiger partial charge in [-0.1, -0.05) is 6.07 Å². The van der Waals surface area contributed by atoms with Crippen LogP contribution in [0.2, 0.25) is 0 Å². The largest absolute Gasteiger partial charge is 0.493 e. The summed E-state index contributed by atoms with van der Waals surface area (Å²) in [7, 11) is 1.57. The molecule has 2 aromatic carbocycles. The molecule has 7 heteroatoms. The highest BCUT2D eigenvalue weighted by molar-refractivity contribution is 6.13. The first-order valence-electron chi connectivity index (χ1n) is 10.2. The number of hydrogen-bond donors (Lipinski definition) is 0. The summed E-state index contributed by atoms with van der Waals surface area (Å²) in [6.45, 7) is 4.61. The lowest BCUT2D eigenvalue weighted by Gasteiger charge is -2.15. The third-order valence-corrected chi connectivity index (χ3v) is 4.97. The van der Waals surface area contributed by atoms with Gasteiger partial charge in [-0.2, -0.15) is 0 Å². The number of aliphatic imine (C=N–C) groups is 1. The number of nitrogens with zero attached hydrogens (tertiary/aromatic N) is 2. The maximum atomic E-state index is 12.3. The summed E-state index contributed by atoms with van der Waals surface area (Å²) in [5.74, 6) is 1.06. The normalized spacial score (nSPS) is 17.4. The Morgan fingerprint density at radius 2 is 1.87 bits per heavy atom. The number of methoxy groups -OCH3 is 1. The van der Waals surface area contributed by atoms with Crippen molar-refractivity contribution in [2.45, 2.75) is 32.8 Å². The summed E-state index contributed by atoms with van der Waals surface area (Å²) in [5.41, 5.74) is 2.45. The Morgan fingerprint density at radius 1 is 1.10 bits per heavy atom. The fourth-order valence-electron chi connectivity index (χ4n) is 3.52. The second-order valence-corrected chi connectivity index (χ2v) is 7.61. The third-order valence-electron chi connectivity index (χ3n) is 4.97. The van der Waals surface area contributed by atoms with Gasteiger partial charge in [-0.15, -0.1) is 0 Å². The van der Waals surface area contributed by atoms with Crippen molar-refractivity contribution in [3.05, 3.63) is 59.3 Å². The Balaban J connectivity index is 1.55. The van der Waals surface area contributed by atoms with E-state index in [2.05, 4.69) is 4.99 Å². The van der Waals surface area contributed by atoms with E-state index in [1.807, 2.05) is 32.0 Å². The zero-order chi connectivity index (χ0) is 22.0. The van der Waals surface area contributed by atoms with Crippen molar-refractivity contribution in [3.63, 3.8) is 0 Å². The van der Waals surface area contributed by atoms with Crippen molar-refractivity contribution in [2.75, 3.05) is 18.6 Å². The number of hydrogen-bond acceptors (Lipinski definition) is 6. The molecule has 4 rings (SSSR count). The van der Waals surface area contributed by atoms with E-state index < -0.39 is 5.97 Å². The zero-order valence-electron chi connectivity index (χ0n) is 17.8. The minimum Gasteiger partial charge on any atom is -0.493 e. The Kier molecular flexibility index (Phi) is 5.75. The lowest BCUT2D eigenvalue weighted by atomic mass is 10.1. The number of ether oxygens (including phenoxy) is 3. The van der Waals surface area contributed by atoms with Crippen LogP contribution in [0.3, 0.4) is 0 Å². The monoisotopic (exact) mass is 420 g/mol. The first-order valence-corrected chi connectivity index (χ1v) is 10.2. The number of carbonyl (C=O) groups is 2. The zero-order valence-corrected chi connectivity index (χ0v) is 17.8. The molecule has 0 bridgehead atoms. The molecule has 2 aliphatic rings. The van der Waals surface area contributed by atoms with Crippen LogP contribution in [0.1, 0.15) is 37.8 Å². The van der Waals surface area contributed by atoms with E-state index in [0.29, 0.717) is 23.5 Å². The van der Waals surface area contributed by atoms with Crippen LogP contribution in [0.5, 0.6) is 11.5 Å². The standard InChI is InChI=1S/C24H24N2O5/c1-15(2)30-20-11-6-16(14-21(20)29-3)13-19-24(28)31-23(25-19)17-7-9-18(10-8-17)26-12-4-5-22(26)27/h6-11,13-15H,4-5,12H2,1-3H3/b19-13+. The molecule has 31 heavy (non-hydrogen) atoms. The van der Waals surface area contributed by atoms with Crippen molar-refractivity contribution in [1.29, 1.82) is 0 Å². The van der Waals surface area contributed by atoms with E-state index in [4.69, 9.17) is 14.2 Å². The van der Waals surface area contributed by atoms with Gasteiger partial charge in [0.15, 0.2) is 17.2 Å². The molecule has 0 atom stereocenters. The van der Waals surface area contributed by atoms with Gasteiger partial charge in [0.05, 0.1) is 13.2 Å². The predicted molar refractivity (Wildman–Crippen MR) is 117 cm³/mol. The number of carbonyl (C=O) groups excluding carboxylic acids is 2. The second kappa shape index (κ2) is 8.63. The highest BCUT2D eigenvalue weighted by atomic mass is 16.6. The number of benzene rings is 2. The van der Waals surface area contributed by atoms with Crippen LogP contribution < -0.4 is 14.4 Å². The summed E-state index contributed by atoms with van der Waals surface area (Å²) in [5, 5.41) is 0. The molecule has 1 saturated heterocycles. The Morgan fingerprint density at radius 3 is 2.52 bits per heavy atom. The molecule has 0 spiro atoms. The molecule has 0 saturated carbocycles. The molecule has 0 radical (unpaired) electrons. The highest BCUT2D eigenvalue weighted by Gasteiger charge is 2.25. The van der Waals surface area contributed by atoms with E-state index in [1.54, 1.807) is 42.4 Å². The summed E-state index contributed by atoms with van der Waals surface area (Å²) < 4.78 is 16.5. The quantitative estimate of drug-likeness (QED) is 0.522. The van der Waals surface area contributed by atoms with E-state index >= 15 is 0 Å². The molecular formula is C24H24N2O5. The number of rotatable bonds is 6. The molecule has 1 fully saturated rings. The fourth-order valence-corrected chi connectivity index (χ4v) is 3.52. The first kappa shape index (κ1) is 20.7. The lowest BCUT2D eigenvalue weighted by molar-refractivity contribution is -0.130. The van der Waals surface area contributed by atoms with Crippen LogP contribution in [0.15, 0.2) is 53.2 Å². The minimum absolute atomic E-state index is 0.0186. The van der Waals surface area contributed by atoms with Crippen LogP contribution in [-0.2, 0) is 14.3 Å². The van der Waals surface area contributed by atoms with Gasteiger partial charge >= 0.3 is 5.97 Å². The van der Waals surface area contributed by atoms with Crippen molar-refractivity contribution in [2.24, 2.45) is 4.99 Å². The van der Waals surface area contributed by atoms with Gasteiger partial charge in [0.25, 0.3) is 0 Å². The maximum Gasteiger partial charge on any atom is 0.363 e. The molecule has 0 aromatic heterocycles. The van der Waals surface area contributed by atoms with Crippen molar-refractivity contribution in [1.82, 2.24) is 0 Å². The van der Waals surface area contributed by atoms with E-state index in [1.165, 1.54) is 0 Å².